The first kappa shape index (κ1) is 16.9. The summed E-state index contributed by atoms with van der Waals surface area (Å²) in [5.41, 5.74) is 0.573. The number of benzene rings is 2. The molecule has 0 aliphatic rings. The van der Waals surface area contributed by atoms with Gasteiger partial charge in [0.2, 0.25) is 0 Å². The van der Waals surface area contributed by atoms with Crippen molar-refractivity contribution in [2.24, 2.45) is 10.4 Å². The van der Waals surface area contributed by atoms with Crippen LogP contribution in [0.15, 0.2) is 58.9 Å². The molecule has 0 radical (unpaired) electrons. The van der Waals surface area contributed by atoms with Crippen molar-refractivity contribution in [1.82, 2.24) is 0 Å². The third-order valence-electron chi connectivity index (χ3n) is 1.88. The molecular weight excluding hydrogens is 302 g/mol. The summed E-state index contributed by atoms with van der Waals surface area (Å²) in [6.07, 6.45) is 0. The van der Waals surface area contributed by atoms with E-state index in [1.165, 1.54) is 48.5 Å². The van der Waals surface area contributed by atoms with E-state index in [0.29, 0.717) is 0 Å². The molecule has 0 bridgehead atoms. The van der Waals surface area contributed by atoms with Crippen LogP contribution in [0, 0.1) is 9.81 Å². The van der Waals surface area contributed by atoms with E-state index in [4.69, 9.17) is 0 Å². The van der Waals surface area contributed by atoms with Crippen molar-refractivity contribution in [2.75, 3.05) is 0 Å². The molecule has 0 amide bonds. The van der Waals surface area contributed by atoms with E-state index < -0.39 is 0 Å². The fraction of sp³-hybridized carbons (Fsp3) is 0. The van der Waals surface area contributed by atoms with Crippen LogP contribution in [0.1, 0.15) is 0 Å². The molecule has 19 heavy (non-hydrogen) atoms. The van der Waals surface area contributed by atoms with Gasteiger partial charge in [-0.25, -0.2) is 0 Å². The Bertz CT molecular complexity index is 465. The zero-order valence-corrected chi connectivity index (χ0v) is 12.8. The molecule has 0 heterocycles. The minimum atomic E-state index is -0.109. The van der Waals surface area contributed by atoms with Crippen molar-refractivity contribution in [3.63, 3.8) is 0 Å². The first-order chi connectivity index (χ1) is 8.65. The molecular formula is C12H8N2O4Zn. The van der Waals surface area contributed by atoms with Crippen LogP contribution in [0.25, 0.3) is 0 Å². The van der Waals surface area contributed by atoms with Gasteiger partial charge in [-0.1, -0.05) is 24.3 Å². The van der Waals surface area contributed by atoms with Gasteiger partial charge < -0.3 is 10.2 Å². The van der Waals surface area contributed by atoms with E-state index in [9.17, 15) is 20.0 Å². The van der Waals surface area contributed by atoms with Crippen LogP contribution in [0.3, 0.4) is 0 Å². The summed E-state index contributed by atoms with van der Waals surface area (Å²) >= 11 is 0. The minimum Gasteiger partial charge on any atom is -0.872 e. The molecule has 7 heteroatoms. The van der Waals surface area contributed by atoms with Gasteiger partial charge in [0.25, 0.3) is 0 Å². The van der Waals surface area contributed by atoms with Crippen molar-refractivity contribution in [3.8, 4) is 11.5 Å². The van der Waals surface area contributed by atoms with Gasteiger partial charge in [-0.15, -0.1) is 21.3 Å². The van der Waals surface area contributed by atoms with E-state index in [1.54, 1.807) is 0 Å². The fourth-order valence-corrected chi connectivity index (χ4v) is 1.01. The molecule has 0 fully saturated rings. The molecule has 0 saturated heterocycles. The van der Waals surface area contributed by atoms with Crippen molar-refractivity contribution in [1.29, 1.82) is 0 Å². The molecule has 2 aromatic rings. The van der Waals surface area contributed by atoms with Crippen LogP contribution in [-0.4, -0.2) is 0 Å². The van der Waals surface area contributed by atoms with E-state index in [-0.39, 0.29) is 42.4 Å². The SMILES string of the molecule is O=Nc1ccc([O-])cc1.O=Nc1ccc([O-])cc1.[Zn+2]. The summed E-state index contributed by atoms with van der Waals surface area (Å²) in [4.78, 5) is 19.5. The van der Waals surface area contributed by atoms with Crippen LogP contribution in [0.4, 0.5) is 11.4 Å². The zero-order valence-electron chi connectivity index (χ0n) is 9.85. The Labute approximate surface area is 121 Å². The molecule has 0 atom stereocenters. The number of hydrogen-bond donors (Lipinski definition) is 0. The monoisotopic (exact) mass is 308 g/mol. The summed E-state index contributed by atoms with van der Waals surface area (Å²) in [5, 5.41) is 26.0. The van der Waals surface area contributed by atoms with E-state index >= 15 is 0 Å². The number of hydrogen-bond acceptors (Lipinski definition) is 6. The third-order valence-corrected chi connectivity index (χ3v) is 1.88. The van der Waals surface area contributed by atoms with Crippen molar-refractivity contribution in [3.05, 3.63) is 58.3 Å². The Balaban J connectivity index is 0.000000324. The Kier molecular flexibility index (Phi) is 7.88. The molecule has 0 aromatic heterocycles. The smallest absolute Gasteiger partial charge is 0.872 e. The second-order valence-corrected chi connectivity index (χ2v) is 3.17. The van der Waals surface area contributed by atoms with Gasteiger partial charge in [0.05, 0.1) is 0 Å². The van der Waals surface area contributed by atoms with Crippen LogP contribution in [0.2, 0.25) is 0 Å². The van der Waals surface area contributed by atoms with Gasteiger partial charge in [0.15, 0.2) is 0 Å². The van der Waals surface area contributed by atoms with Crippen molar-refractivity contribution < 1.29 is 29.7 Å². The first-order valence-electron chi connectivity index (χ1n) is 4.86. The number of nitrogens with zero attached hydrogens (tertiary/aromatic N) is 2. The number of nitroso groups, excluding NO2 is 2. The van der Waals surface area contributed by atoms with Gasteiger partial charge in [0, 0.05) is 0 Å². The van der Waals surface area contributed by atoms with E-state index in [2.05, 4.69) is 10.4 Å². The molecule has 0 spiro atoms. The largest absolute Gasteiger partial charge is 2.00 e. The van der Waals surface area contributed by atoms with Crippen LogP contribution in [-0.2, 0) is 19.5 Å². The molecule has 0 N–H and O–H groups in total. The Hall–Kier alpha value is -2.14. The minimum absolute atomic E-state index is 0. The molecule has 2 aromatic carbocycles. The van der Waals surface area contributed by atoms with Crippen LogP contribution in [0.5, 0.6) is 11.5 Å². The van der Waals surface area contributed by atoms with Gasteiger partial charge in [-0.2, -0.15) is 0 Å². The quantitative estimate of drug-likeness (QED) is 0.627. The first-order valence-corrected chi connectivity index (χ1v) is 4.86. The predicted molar refractivity (Wildman–Crippen MR) is 62.7 cm³/mol. The van der Waals surface area contributed by atoms with Gasteiger partial charge >= 0.3 is 19.5 Å². The summed E-state index contributed by atoms with van der Waals surface area (Å²) in [6, 6.07) is 10.7. The molecule has 0 aliphatic carbocycles. The van der Waals surface area contributed by atoms with E-state index in [1.807, 2.05) is 0 Å². The van der Waals surface area contributed by atoms with Gasteiger partial charge in [-0.3, -0.25) is 0 Å². The summed E-state index contributed by atoms with van der Waals surface area (Å²) in [5.74, 6) is -0.218. The summed E-state index contributed by atoms with van der Waals surface area (Å²) in [6.45, 7) is 0. The average Bonchev–Trinajstić information content (AvgIpc) is 2.41. The average molecular weight is 310 g/mol. The van der Waals surface area contributed by atoms with Gasteiger partial charge in [0.1, 0.15) is 11.4 Å². The van der Waals surface area contributed by atoms with Crippen molar-refractivity contribution >= 4 is 11.4 Å². The topological polar surface area (TPSA) is 105 Å². The third kappa shape index (κ3) is 6.38. The standard InChI is InChI=1S/2C6H5NO2.Zn/c2*8-6-3-1-5(7-9)2-4-6;/h2*1-4,8H;/q;;+2/p-2. The van der Waals surface area contributed by atoms with E-state index in [0.717, 1.165) is 0 Å². The number of rotatable bonds is 2. The van der Waals surface area contributed by atoms with Crippen molar-refractivity contribution in [2.45, 2.75) is 0 Å². The summed E-state index contributed by atoms with van der Waals surface area (Å²) in [7, 11) is 0. The van der Waals surface area contributed by atoms with Gasteiger partial charge in [-0.05, 0) is 34.6 Å². The molecule has 92 valence electrons. The van der Waals surface area contributed by atoms with Crippen LogP contribution >= 0.6 is 0 Å². The molecule has 0 aliphatic heterocycles. The fourth-order valence-electron chi connectivity index (χ4n) is 1.01. The zero-order chi connectivity index (χ0) is 13.4. The molecule has 0 unspecified atom stereocenters. The maximum Gasteiger partial charge on any atom is 2.00 e. The van der Waals surface area contributed by atoms with Crippen LogP contribution < -0.4 is 10.2 Å². The Morgan fingerprint density at radius 3 is 1.11 bits per heavy atom. The molecule has 2 rings (SSSR count). The second-order valence-electron chi connectivity index (χ2n) is 3.17. The maximum absolute atomic E-state index is 10.4. The normalized spacial score (nSPS) is 8.42. The maximum atomic E-state index is 10.4. The second kappa shape index (κ2) is 8.88. The predicted octanol–water partition coefficient (Wildman–Crippen LogP) is 2.31. The molecule has 6 nitrogen and oxygen atoms in total. The Morgan fingerprint density at radius 2 is 0.895 bits per heavy atom. The Morgan fingerprint density at radius 1 is 0.632 bits per heavy atom. The molecule has 0 saturated carbocycles. The summed E-state index contributed by atoms with van der Waals surface area (Å²) < 4.78 is 0.